The third-order valence-corrected chi connectivity index (χ3v) is 2.13. The van der Waals surface area contributed by atoms with Crippen molar-refractivity contribution in [2.45, 2.75) is 13.0 Å². The lowest BCUT2D eigenvalue weighted by molar-refractivity contribution is -0.148. The third kappa shape index (κ3) is 5.31. The lowest BCUT2D eigenvalue weighted by Crippen LogP contribution is -2.33. The third-order valence-electron chi connectivity index (χ3n) is 2.13. The molecule has 2 amide bonds. The maximum absolute atomic E-state index is 11.4. The van der Waals surface area contributed by atoms with Crippen molar-refractivity contribution in [2.75, 3.05) is 18.5 Å². The number of ether oxygens (including phenoxy) is 1. The number of hydrogen-bond acceptors (Lipinski definition) is 3. The Morgan fingerprint density at radius 3 is 2.61 bits per heavy atom. The number of carbonyl (C=O) groups excluding carboxylic acids is 1. The summed E-state index contributed by atoms with van der Waals surface area (Å²) in [7, 11) is 0. The van der Waals surface area contributed by atoms with Crippen molar-refractivity contribution in [1.82, 2.24) is 5.32 Å². The monoisotopic (exact) mass is 252 g/mol. The van der Waals surface area contributed by atoms with Crippen LogP contribution in [0.1, 0.15) is 6.92 Å². The second kappa shape index (κ2) is 7.29. The first-order chi connectivity index (χ1) is 8.59. The normalized spacial score (nSPS) is 11.6. The van der Waals surface area contributed by atoms with Gasteiger partial charge in [0.25, 0.3) is 0 Å². The van der Waals surface area contributed by atoms with E-state index in [9.17, 15) is 9.59 Å². The van der Waals surface area contributed by atoms with E-state index in [1.807, 2.05) is 18.2 Å². The number of amides is 2. The Morgan fingerprint density at radius 1 is 1.33 bits per heavy atom. The van der Waals surface area contributed by atoms with E-state index in [1.165, 1.54) is 6.92 Å². The molecule has 0 radical (unpaired) electrons. The van der Waals surface area contributed by atoms with Crippen molar-refractivity contribution < 1.29 is 19.4 Å². The fourth-order valence-corrected chi connectivity index (χ4v) is 1.17. The van der Waals surface area contributed by atoms with Gasteiger partial charge in [-0.3, -0.25) is 0 Å². The number of nitrogens with one attached hydrogen (secondary N) is 2. The van der Waals surface area contributed by atoms with Crippen LogP contribution in [0.4, 0.5) is 10.5 Å². The van der Waals surface area contributed by atoms with Gasteiger partial charge in [-0.2, -0.15) is 0 Å². The van der Waals surface area contributed by atoms with Crippen LogP contribution in [0.3, 0.4) is 0 Å². The average Bonchev–Trinajstić information content (AvgIpc) is 2.35. The SMILES string of the molecule is CC(OCCNC(=O)Nc1ccccc1)C(=O)O. The Labute approximate surface area is 105 Å². The number of rotatable bonds is 6. The zero-order chi connectivity index (χ0) is 13.4. The summed E-state index contributed by atoms with van der Waals surface area (Å²) < 4.78 is 4.96. The smallest absolute Gasteiger partial charge is 0.332 e. The minimum atomic E-state index is -1.02. The molecule has 0 fully saturated rings. The zero-order valence-corrected chi connectivity index (χ0v) is 10.1. The highest BCUT2D eigenvalue weighted by atomic mass is 16.5. The van der Waals surface area contributed by atoms with Crippen LogP contribution in [0.15, 0.2) is 30.3 Å². The van der Waals surface area contributed by atoms with Gasteiger partial charge in [-0.1, -0.05) is 18.2 Å². The molecular weight excluding hydrogens is 236 g/mol. The second-order valence-corrected chi connectivity index (χ2v) is 3.60. The zero-order valence-electron chi connectivity index (χ0n) is 10.1. The average molecular weight is 252 g/mol. The van der Waals surface area contributed by atoms with Crippen LogP contribution in [0.2, 0.25) is 0 Å². The maximum Gasteiger partial charge on any atom is 0.332 e. The van der Waals surface area contributed by atoms with Crippen molar-refractivity contribution >= 4 is 17.7 Å². The molecular formula is C12H16N2O4. The van der Waals surface area contributed by atoms with E-state index in [-0.39, 0.29) is 19.2 Å². The molecule has 6 heteroatoms. The number of hydrogen-bond donors (Lipinski definition) is 3. The Morgan fingerprint density at radius 2 is 2.00 bits per heavy atom. The molecule has 3 N–H and O–H groups in total. The fourth-order valence-electron chi connectivity index (χ4n) is 1.17. The Kier molecular flexibility index (Phi) is 5.66. The van der Waals surface area contributed by atoms with E-state index in [4.69, 9.17) is 9.84 Å². The molecule has 1 aromatic carbocycles. The minimum Gasteiger partial charge on any atom is -0.479 e. The van der Waals surface area contributed by atoms with Crippen molar-refractivity contribution in [1.29, 1.82) is 0 Å². The number of carboxylic acids is 1. The topological polar surface area (TPSA) is 87.7 Å². The first kappa shape index (κ1) is 14.0. The predicted molar refractivity (Wildman–Crippen MR) is 66.5 cm³/mol. The Bertz CT molecular complexity index is 394. The molecule has 1 atom stereocenters. The Balaban J connectivity index is 2.16. The quantitative estimate of drug-likeness (QED) is 0.666. The summed E-state index contributed by atoms with van der Waals surface area (Å²) in [5.74, 6) is -1.02. The van der Waals surface area contributed by atoms with E-state index < -0.39 is 12.1 Å². The highest BCUT2D eigenvalue weighted by Gasteiger charge is 2.10. The van der Waals surface area contributed by atoms with E-state index >= 15 is 0 Å². The summed E-state index contributed by atoms with van der Waals surface area (Å²) in [6.45, 7) is 1.83. The minimum absolute atomic E-state index is 0.148. The van der Waals surface area contributed by atoms with Crippen LogP contribution < -0.4 is 10.6 Å². The van der Waals surface area contributed by atoms with Gasteiger partial charge in [0.2, 0.25) is 0 Å². The van der Waals surface area contributed by atoms with Gasteiger partial charge in [-0.05, 0) is 19.1 Å². The first-order valence-corrected chi connectivity index (χ1v) is 5.54. The molecule has 0 aliphatic heterocycles. The number of para-hydroxylation sites is 1. The lowest BCUT2D eigenvalue weighted by Gasteiger charge is -2.10. The molecule has 0 spiro atoms. The number of urea groups is 1. The molecule has 0 bridgehead atoms. The summed E-state index contributed by atoms with van der Waals surface area (Å²) in [6, 6.07) is 8.66. The largest absolute Gasteiger partial charge is 0.479 e. The summed E-state index contributed by atoms with van der Waals surface area (Å²) in [4.78, 5) is 21.8. The molecule has 0 saturated carbocycles. The van der Waals surface area contributed by atoms with Crippen LogP contribution in [0.25, 0.3) is 0 Å². The van der Waals surface area contributed by atoms with Crippen LogP contribution >= 0.6 is 0 Å². The summed E-state index contributed by atoms with van der Waals surface area (Å²) >= 11 is 0. The second-order valence-electron chi connectivity index (χ2n) is 3.60. The molecule has 1 unspecified atom stereocenters. The number of carbonyl (C=O) groups is 2. The molecule has 0 heterocycles. The lowest BCUT2D eigenvalue weighted by atomic mass is 10.3. The van der Waals surface area contributed by atoms with Gasteiger partial charge in [0.1, 0.15) is 0 Å². The van der Waals surface area contributed by atoms with Gasteiger partial charge in [-0.15, -0.1) is 0 Å². The van der Waals surface area contributed by atoms with Crippen molar-refractivity contribution in [3.63, 3.8) is 0 Å². The van der Waals surface area contributed by atoms with E-state index in [0.717, 1.165) is 0 Å². The van der Waals surface area contributed by atoms with E-state index in [0.29, 0.717) is 5.69 Å². The number of carboxylic acid groups (broad SMARTS) is 1. The molecule has 0 saturated heterocycles. The molecule has 0 aliphatic rings. The van der Waals surface area contributed by atoms with Crippen LogP contribution in [-0.4, -0.2) is 36.4 Å². The highest BCUT2D eigenvalue weighted by molar-refractivity contribution is 5.89. The van der Waals surface area contributed by atoms with Crippen LogP contribution in [-0.2, 0) is 9.53 Å². The van der Waals surface area contributed by atoms with Gasteiger partial charge in [-0.25, -0.2) is 9.59 Å². The van der Waals surface area contributed by atoms with Crippen LogP contribution in [0, 0.1) is 0 Å². The molecule has 0 aromatic heterocycles. The summed E-state index contributed by atoms with van der Waals surface area (Å²) in [6.07, 6.45) is -0.871. The van der Waals surface area contributed by atoms with Gasteiger partial charge < -0.3 is 20.5 Å². The predicted octanol–water partition coefficient (Wildman–Crippen LogP) is 1.30. The van der Waals surface area contributed by atoms with Crippen molar-refractivity contribution in [3.05, 3.63) is 30.3 Å². The molecule has 1 aromatic rings. The van der Waals surface area contributed by atoms with Crippen LogP contribution in [0.5, 0.6) is 0 Å². The summed E-state index contributed by atoms with van der Waals surface area (Å²) in [5, 5.41) is 13.7. The Hall–Kier alpha value is -2.08. The molecule has 6 nitrogen and oxygen atoms in total. The highest BCUT2D eigenvalue weighted by Crippen LogP contribution is 2.03. The van der Waals surface area contributed by atoms with Gasteiger partial charge >= 0.3 is 12.0 Å². The van der Waals surface area contributed by atoms with Gasteiger partial charge in [0.05, 0.1) is 6.61 Å². The standard InChI is InChI=1S/C12H16N2O4/c1-9(11(15)16)18-8-7-13-12(17)14-10-5-3-2-4-6-10/h2-6,9H,7-8H2,1H3,(H,15,16)(H2,13,14,17). The maximum atomic E-state index is 11.4. The summed E-state index contributed by atoms with van der Waals surface area (Å²) in [5.41, 5.74) is 0.690. The number of anilines is 1. The van der Waals surface area contributed by atoms with Crippen molar-refractivity contribution in [2.24, 2.45) is 0 Å². The van der Waals surface area contributed by atoms with E-state index in [1.54, 1.807) is 12.1 Å². The first-order valence-electron chi connectivity index (χ1n) is 5.54. The van der Waals surface area contributed by atoms with Crippen molar-refractivity contribution in [3.8, 4) is 0 Å². The van der Waals surface area contributed by atoms with Gasteiger partial charge in [0, 0.05) is 12.2 Å². The van der Waals surface area contributed by atoms with Gasteiger partial charge in [0.15, 0.2) is 6.10 Å². The number of aliphatic carboxylic acids is 1. The molecule has 1 rings (SSSR count). The van der Waals surface area contributed by atoms with E-state index in [2.05, 4.69) is 10.6 Å². The molecule has 98 valence electrons. The fraction of sp³-hybridized carbons (Fsp3) is 0.333. The number of benzene rings is 1. The molecule has 0 aliphatic carbocycles. The molecule has 18 heavy (non-hydrogen) atoms.